The summed E-state index contributed by atoms with van der Waals surface area (Å²) in [5.41, 5.74) is 0. The molecule has 0 aliphatic rings. The van der Waals surface area contributed by atoms with Crippen LogP contribution in [0.1, 0.15) is 329 Å². The fourth-order valence-corrected chi connectivity index (χ4v) is 8.85. The number of hydrogen-bond acceptors (Lipinski definition) is 6. The molecule has 6 nitrogen and oxygen atoms in total. The van der Waals surface area contributed by atoms with E-state index in [2.05, 4.69) is 32.9 Å². The van der Waals surface area contributed by atoms with Crippen molar-refractivity contribution in [2.24, 2.45) is 0 Å². The van der Waals surface area contributed by atoms with Crippen molar-refractivity contribution in [1.29, 1.82) is 0 Å². The van der Waals surface area contributed by atoms with Crippen molar-refractivity contribution < 1.29 is 28.6 Å². The molecule has 384 valence electrons. The third kappa shape index (κ3) is 53.0. The van der Waals surface area contributed by atoms with Crippen LogP contribution in [0.4, 0.5) is 0 Å². The summed E-state index contributed by atoms with van der Waals surface area (Å²) in [5.74, 6) is -0.872. The maximum atomic E-state index is 12.7. The van der Waals surface area contributed by atoms with Crippen LogP contribution in [0, 0.1) is 0 Å². The number of carbonyl (C=O) groups is 3. The lowest BCUT2D eigenvalue weighted by Crippen LogP contribution is -2.30. The summed E-state index contributed by atoms with van der Waals surface area (Å²) >= 11 is 0. The molecule has 0 amide bonds. The van der Waals surface area contributed by atoms with Crippen LogP contribution < -0.4 is 0 Å². The van der Waals surface area contributed by atoms with Crippen LogP contribution >= 0.6 is 0 Å². The zero-order chi connectivity index (χ0) is 47.2. The van der Waals surface area contributed by atoms with Crippen molar-refractivity contribution in [3.05, 3.63) is 12.2 Å². The molecular formula is C59H112O6. The van der Waals surface area contributed by atoms with Gasteiger partial charge >= 0.3 is 17.9 Å². The monoisotopic (exact) mass is 917 g/mol. The molecule has 65 heavy (non-hydrogen) atoms. The van der Waals surface area contributed by atoms with E-state index in [4.69, 9.17) is 14.2 Å². The first kappa shape index (κ1) is 63.1. The number of allylic oxidation sites excluding steroid dienone is 2. The van der Waals surface area contributed by atoms with Gasteiger partial charge < -0.3 is 14.2 Å². The number of hydrogen-bond donors (Lipinski definition) is 0. The van der Waals surface area contributed by atoms with E-state index in [9.17, 15) is 14.4 Å². The predicted octanol–water partition coefficient (Wildman–Crippen LogP) is 19.3. The third-order valence-corrected chi connectivity index (χ3v) is 13.3. The van der Waals surface area contributed by atoms with Gasteiger partial charge in [-0.25, -0.2) is 0 Å². The van der Waals surface area contributed by atoms with Crippen LogP contribution in [-0.4, -0.2) is 37.2 Å². The fraction of sp³-hybridized carbons (Fsp3) is 0.915. The number of unbranched alkanes of at least 4 members (excludes halogenated alkanes) is 41. The number of ether oxygens (including phenoxy) is 3. The van der Waals surface area contributed by atoms with Crippen LogP contribution in [-0.2, 0) is 28.6 Å². The largest absolute Gasteiger partial charge is 0.462 e. The topological polar surface area (TPSA) is 78.9 Å². The summed E-state index contributed by atoms with van der Waals surface area (Å²) in [6.45, 7) is 6.60. The molecular weight excluding hydrogens is 805 g/mol. The number of carbonyl (C=O) groups excluding carboxylic acids is 3. The Morgan fingerprint density at radius 2 is 0.508 bits per heavy atom. The smallest absolute Gasteiger partial charge is 0.306 e. The van der Waals surface area contributed by atoms with E-state index in [-0.39, 0.29) is 31.1 Å². The molecule has 0 aromatic rings. The molecule has 0 bridgehead atoms. The summed E-state index contributed by atoms with van der Waals surface area (Å²) in [7, 11) is 0. The molecule has 0 aliphatic carbocycles. The van der Waals surface area contributed by atoms with Crippen LogP contribution in [0.25, 0.3) is 0 Å². The molecule has 0 aromatic carbocycles. The van der Waals surface area contributed by atoms with Crippen molar-refractivity contribution in [2.45, 2.75) is 335 Å². The molecule has 0 heterocycles. The van der Waals surface area contributed by atoms with Gasteiger partial charge in [0.15, 0.2) is 6.10 Å². The van der Waals surface area contributed by atoms with Crippen LogP contribution in [0.3, 0.4) is 0 Å². The zero-order valence-electron chi connectivity index (χ0n) is 44.0. The normalized spacial score (nSPS) is 12.0. The van der Waals surface area contributed by atoms with Gasteiger partial charge in [0.25, 0.3) is 0 Å². The molecule has 0 aromatic heterocycles. The minimum Gasteiger partial charge on any atom is -0.462 e. The van der Waals surface area contributed by atoms with Crippen molar-refractivity contribution in [3.8, 4) is 0 Å². The van der Waals surface area contributed by atoms with E-state index in [0.717, 1.165) is 70.6 Å². The Morgan fingerprint density at radius 3 is 0.769 bits per heavy atom. The molecule has 0 radical (unpaired) electrons. The highest BCUT2D eigenvalue weighted by Crippen LogP contribution is 2.17. The highest BCUT2D eigenvalue weighted by Gasteiger charge is 2.19. The molecule has 0 aliphatic heterocycles. The summed E-state index contributed by atoms with van der Waals surface area (Å²) < 4.78 is 16.7. The van der Waals surface area contributed by atoms with E-state index in [0.29, 0.717) is 19.3 Å². The van der Waals surface area contributed by atoms with E-state index in [1.54, 1.807) is 0 Å². The van der Waals surface area contributed by atoms with Gasteiger partial charge in [-0.15, -0.1) is 0 Å². The average molecular weight is 918 g/mol. The molecule has 1 atom stereocenters. The number of rotatable bonds is 54. The first-order chi connectivity index (χ1) is 32.0. The van der Waals surface area contributed by atoms with Crippen LogP contribution in [0.2, 0.25) is 0 Å². The van der Waals surface area contributed by atoms with Gasteiger partial charge in [-0.3, -0.25) is 14.4 Å². The molecule has 0 saturated carbocycles. The van der Waals surface area contributed by atoms with Gasteiger partial charge in [0.05, 0.1) is 0 Å². The first-order valence-corrected chi connectivity index (χ1v) is 29.2. The summed E-state index contributed by atoms with van der Waals surface area (Å²) in [4.78, 5) is 37.7. The Labute approximate surface area is 405 Å². The number of esters is 3. The highest BCUT2D eigenvalue weighted by atomic mass is 16.6. The van der Waals surface area contributed by atoms with Crippen molar-refractivity contribution in [1.82, 2.24) is 0 Å². The SMILES string of the molecule is CCCCCCCCC/C=C\CCCCCCCC(=O)OC(COC(=O)CCCCCCC)COC(=O)CCCCCCCCCCCCCCCCCCCCCCCCCCCC. The second-order valence-electron chi connectivity index (χ2n) is 19.9. The minimum absolute atomic E-state index is 0.0691. The lowest BCUT2D eigenvalue weighted by molar-refractivity contribution is -0.167. The Morgan fingerprint density at radius 1 is 0.292 bits per heavy atom. The minimum atomic E-state index is -0.766. The van der Waals surface area contributed by atoms with E-state index >= 15 is 0 Å². The molecule has 0 spiro atoms. The Kier molecular flexibility index (Phi) is 53.2. The molecule has 0 N–H and O–H groups in total. The maximum absolute atomic E-state index is 12.7. The van der Waals surface area contributed by atoms with Gasteiger partial charge in [0.1, 0.15) is 13.2 Å². The van der Waals surface area contributed by atoms with Gasteiger partial charge in [-0.05, 0) is 44.9 Å². The molecule has 1 unspecified atom stereocenters. The second-order valence-corrected chi connectivity index (χ2v) is 19.9. The predicted molar refractivity (Wildman–Crippen MR) is 280 cm³/mol. The Bertz CT molecular complexity index is 1010. The fourth-order valence-electron chi connectivity index (χ4n) is 8.85. The summed E-state index contributed by atoms with van der Waals surface area (Å²) in [6.07, 6.45) is 62.6. The molecule has 6 heteroatoms. The average Bonchev–Trinajstić information content (AvgIpc) is 3.30. The Balaban J connectivity index is 3.98. The van der Waals surface area contributed by atoms with Crippen molar-refractivity contribution >= 4 is 17.9 Å². The lowest BCUT2D eigenvalue weighted by Gasteiger charge is -2.18. The van der Waals surface area contributed by atoms with Crippen molar-refractivity contribution in [2.75, 3.05) is 13.2 Å². The maximum Gasteiger partial charge on any atom is 0.306 e. The van der Waals surface area contributed by atoms with Gasteiger partial charge in [0.2, 0.25) is 0 Å². The van der Waals surface area contributed by atoms with Gasteiger partial charge in [-0.1, -0.05) is 277 Å². The van der Waals surface area contributed by atoms with Gasteiger partial charge in [0, 0.05) is 19.3 Å². The highest BCUT2D eigenvalue weighted by molar-refractivity contribution is 5.71. The Hall–Kier alpha value is -1.85. The van der Waals surface area contributed by atoms with Crippen LogP contribution in [0.5, 0.6) is 0 Å². The quantitative estimate of drug-likeness (QED) is 0.0262. The summed E-state index contributed by atoms with van der Waals surface area (Å²) in [5, 5.41) is 0. The van der Waals surface area contributed by atoms with Crippen molar-refractivity contribution in [3.63, 3.8) is 0 Å². The molecule has 0 rings (SSSR count). The first-order valence-electron chi connectivity index (χ1n) is 29.2. The van der Waals surface area contributed by atoms with E-state index in [1.165, 1.54) is 218 Å². The lowest BCUT2D eigenvalue weighted by atomic mass is 10.0. The third-order valence-electron chi connectivity index (χ3n) is 13.3. The van der Waals surface area contributed by atoms with E-state index in [1.807, 2.05) is 0 Å². The second kappa shape index (κ2) is 54.8. The van der Waals surface area contributed by atoms with Crippen LogP contribution in [0.15, 0.2) is 12.2 Å². The summed E-state index contributed by atoms with van der Waals surface area (Å²) in [6, 6.07) is 0. The zero-order valence-corrected chi connectivity index (χ0v) is 44.0. The van der Waals surface area contributed by atoms with Gasteiger partial charge in [-0.2, -0.15) is 0 Å². The molecule has 0 fully saturated rings. The van der Waals surface area contributed by atoms with E-state index < -0.39 is 6.10 Å². The standard InChI is InChI=1S/C59H112O6/c1-4-7-10-13-15-17-19-21-23-25-26-27-28-29-30-31-32-33-34-36-37-39-41-43-46-49-52-58(61)64-55-56(54-63-57(60)51-48-45-12-9-6-3)65-59(62)53-50-47-44-42-40-38-35-24-22-20-18-16-14-11-8-5-2/h24,35,56H,4-23,25-34,36-55H2,1-3H3/b35-24-. The molecule has 0 saturated heterocycles.